The summed E-state index contributed by atoms with van der Waals surface area (Å²) in [7, 11) is -4.55. The maximum atomic E-state index is 13.1. The fourth-order valence-electron chi connectivity index (χ4n) is 2.57. The first-order valence-corrected chi connectivity index (χ1v) is 7.56. The highest BCUT2D eigenvalue weighted by Gasteiger charge is 2.46. The lowest BCUT2D eigenvalue weighted by Gasteiger charge is -2.35. The van der Waals surface area contributed by atoms with Gasteiger partial charge in [0, 0.05) is 5.41 Å². The van der Waals surface area contributed by atoms with Gasteiger partial charge in [0.1, 0.15) is 5.25 Å². The third-order valence-corrected chi connectivity index (χ3v) is 4.85. The number of rotatable bonds is 2. The van der Waals surface area contributed by atoms with E-state index in [4.69, 9.17) is 0 Å². The van der Waals surface area contributed by atoms with Crippen LogP contribution in [-0.4, -0.2) is 18.2 Å². The molecule has 7 heteroatoms. The van der Waals surface area contributed by atoms with Crippen molar-refractivity contribution in [2.75, 3.05) is 0 Å². The standard InChI is InChI=1S/C14H13F3O3S/c1-13(9-5-4-8-12(13)21(18,19)20)10-6-2-3-7-11(10)14(15,16)17/h2-9,12H,1H3,(H,18,19,20). The first kappa shape index (κ1) is 15.8. The predicted molar refractivity (Wildman–Crippen MR) is 72.4 cm³/mol. The van der Waals surface area contributed by atoms with Gasteiger partial charge in [-0.05, 0) is 11.6 Å². The van der Waals surface area contributed by atoms with E-state index < -0.39 is 32.5 Å². The van der Waals surface area contributed by atoms with Gasteiger partial charge in [0.15, 0.2) is 0 Å². The topological polar surface area (TPSA) is 54.4 Å². The van der Waals surface area contributed by atoms with E-state index in [0.717, 1.165) is 6.07 Å². The molecular formula is C14H13F3O3S. The zero-order valence-corrected chi connectivity index (χ0v) is 11.8. The number of benzene rings is 1. The van der Waals surface area contributed by atoms with Crippen LogP contribution in [-0.2, 0) is 21.7 Å². The number of halogens is 3. The second-order valence-electron chi connectivity index (χ2n) is 5.01. The molecule has 0 fully saturated rings. The quantitative estimate of drug-likeness (QED) is 0.851. The van der Waals surface area contributed by atoms with Gasteiger partial charge in [-0.2, -0.15) is 21.6 Å². The molecular weight excluding hydrogens is 305 g/mol. The van der Waals surface area contributed by atoms with Gasteiger partial charge in [0.05, 0.1) is 5.56 Å². The average Bonchev–Trinajstić information content (AvgIpc) is 2.37. The van der Waals surface area contributed by atoms with Crippen molar-refractivity contribution in [2.24, 2.45) is 0 Å². The van der Waals surface area contributed by atoms with Gasteiger partial charge >= 0.3 is 6.18 Å². The Labute approximate surface area is 120 Å². The molecule has 0 aliphatic heterocycles. The van der Waals surface area contributed by atoms with Crippen molar-refractivity contribution in [3.8, 4) is 0 Å². The molecule has 1 aromatic carbocycles. The normalized spacial score (nSPS) is 26.0. The van der Waals surface area contributed by atoms with Crippen LogP contribution in [0.5, 0.6) is 0 Å². The van der Waals surface area contributed by atoms with Crippen molar-refractivity contribution < 1.29 is 26.1 Å². The summed E-state index contributed by atoms with van der Waals surface area (Å²) in [6.07, 6.45) is 0.780. The molecule has 2 atom stereocenters. The second-order valence-corrected chi connectivity index (χ2v) is 6.54. The monoisotopic (exact) mass is 318 g/mol. The van der Waals surface area contributed by atoms with Gasteiger partial charge in [-0.15, -0.1) is 0 Å². The molecule has 114 valence electrons. The number of allylic oxidation sites excluding steroid dienone is 3. The second kappa shape index (κ2) is 4.99. The summed E-state index contributed by atoms with van der Waals surface area (Å²) in [6.45, 7) is 1.36. The number of hydrogen-bond acceptors (Lipinski definition) is 2. The Balaban J connectivity index is 2.70. The highest BCUT2D eigenvalue weighted by Crippen LogP contribution is 2.42. The van der Waals surface area contributed by atoms with Crippen molar-refractivity contribution in [3.05, 3.63) is 59.7 Å². The summed E-state index contributed by atoms with van der Waals surface area (Å²) in [5.41, 5.74) is -2.61. The van der Waals surface area contributed by atoms with Gasteiger partial charge < -0.3 is 0 Å². The van der Waals surface area contributed by atoms with Crippen LogP contribution in [0.4, 0.5) is 13.2 Å². The Bertz CT molecular complexity index is 704. The van der Waals surface area contributed by atoms with E-state index in [1.807, 2.05) is 0 Å². The van der Waals surface area contributed by atoms with Crippen LogP contribution < -0.4 is 0 Å². The minimum Gasteiger partial charge on any atom is -0.285 e. The molecule has 0 amide bonds. The van der Waals surface area contributed by atoms with Crippen molar-refractivity contribution in [3.63, 3.8) is 0 Å². The van der Waals surface area contributed by atoms with Gasteiger partial charge in [-0.25, -0.2) is 0 Å². The molecule has 1 N–H and O–H groups in total. The van der Waals surface area contributed by atoms with E-state index >= 15 is 0 Å². The molecule has 0 spiro atoms. The lowest BCUT2D eigenvalue weighted by atomic mass is 9.75. The summed E-state index contributed by atoms with van der Waals surface area (Å²) >= 11 is 0. The lowest BCUT2D eigenvalue weighted by Crippen LogP contribution is -2.41. The van der Waals surface area contributed by atoms with E-state index in [1.54, 1.807) is 0 Å². The summed E-state index contributed by atoms with van der Waals surface area (Å²) in [4.78, 5) is 0. The molecule has 0 saturated carbocycles. The van der Waals surface area contributed by atoms with E-state index in [1.165, 1.54) is 49.4 Å². The van der Waals surface area contributed by atoms with Gasteiger partial charge in [-0.3, -0.25) is 4.55 Å². The molecule has 0 aromatic heterocycles. The molecule has 1 aliphatic carbocycles. The molecule has 21 heavy (non-hydrogen) atoms. The highest BCUT2D eigenvalue weighted by molar-refractivity contribution is 7.86. The van der Waals surface area contributed by atoms with Gasteiger partial charge in [0.2, 0.25) is 0 Å². The highest BCUT2D eigenvalue weighted by atomic mass is 32.2. The third kappa shape index (κ3) is 2.89. The molecule has 0 bridgehead atoms. The maximum absolute atomic E-state index is 13.1. The van der Waals surface area contributed by atoms with Crippen LogP contribution in [0.1, 0.15) is 18.1 Å². The molecule has 1 aliphatic rings. The van der Waals surface area contributed by atoms with Crippen LogP contribution >= 0.6 is 0 Å². The van der Waals surface area contributed by atoms with Crippen molar-refractivity contribution in [1.82, 2.24) is 0 Å². The van der Waals surface area contributed by atoms with Crippen LogP contribution in [0.3, 0.4) is 0 Å². The molecule has 0 radical (unpaired) electrons. The Hall–Kier alpha value is -1.60. The minimum absolute atomic E-state index is 0.194. The maximum Gasteiger partial charge on any atom is 0.416 e. The van der Waals surface area contributed by atoms with E-state index in [2.05, 4.69) is 0 Å². The first-order valence-electron chi connectivity index (χ1n) is 6.06. The Kier molecular flexibility index (Phi) is 3.75. The van der Waals surface area contributed by atoms with Crippen molar-refractivity contribution in [2.45, 2.75) is 23.8 Å². The summed E-state index contributed by atoms with van der Waals surface area (Å²) < 4.78 is 71.8. The number of hydrogen-bond donors (Lipinski definition) is 1. The fraction of sp³-hybridized carbons (Fsp3) is 0.286. The summed E-state index contributed by atoms with van der Waals surface area (Å²) in [5, 5.41) is -1.47. The zero-order valence-electron chi connectivity index (χ0n) is 11.0. The molecule has 0 saturated heterocycles. The Morgan fingerprint density at radius 3 is 2.38 bits per heavy atom. The Morgan fingerprint density at radius 2 is 1.81 bits per heavy atom. The lowest BCUT2D eigenvalue weighted by molar-refractivity contribution is -0.138. The van der Waals surface area contributed by atoms with Crippen molar-refractivity contribution >= 4 is 10.1 Å². The molecule has 3 nitrogen and oxygen atoms in total. The van der Waals surface area contributed by atoms with Crippen LogP contribution in [0.25, 0.3) is 0 Å². The van der Waals surface area contributed by atoms with Crippen LogP contribution in [0.2, 0.25) is 0 Å². The van der Waals surface area contributed by atoms with Crippen molar-refractivity contribution in [1.29, 1.82) is 0 Å². The third-order valence-electron chi connectivity index (χ3n) is 3.56. The van der Waals surface area contributed by atoms with E-state index in [0.29, 0.717) is 0 Å². The molecule has 2 unspecified atom stereocenters. The van der Waals surface area contributed by atoms with E-state index in [9.17, 15) is 26.1 Å². The predicted octanol–water partition coefficient (Wildman–Crippen LogP) is 3.35. The Morgan fingerprint density at radius 1 is 1.19 bits per heavy atom. The largest absolute Gasteiger partial charge is 0.416 e. The molecule has 0 heterocycles. The average molecular weight is 318 g/mol. The SMILES string of the molecule is CC1(c2ccccc2C(F)(F)F)C=CC=CC1S(=O)(=O)O. The van der Waals surface area contributed by atoms with E-state index in [-0.39, 0.29) is 5.56 Å². The zero-order chi connectivity index (χ0) is 15.9. The van der Waals surface area contributed by atoms with Crippen LogP contribution in [0, 0.1) is 0 Å². The van der Waals surface area contributed by atoms with Gasteiger partial charge in [-0.1, -0.05) is 49.4 Å². The molecule has 1 aromatic rings. The summed E-state index contributed by atoms with van der Waals surface area (Å²) in [6, 6.07) is 4.77. The smallest absolute Gasteiger partial charge is 0.285 e. The fourth-order valence-corrected chi connectivity index (χ4v) is 3.68. The molecule has 2 rings (SSSR count). The first-order chi connectivity index (χ1) is 9.57. The number of alkyl halides is 3. The van der Waals surface area contributed by atoms with Crippen LogP contribution in [0.15, 0.2) is 48.6 Å². The minimum atomic E-state index is -4.61. The van der Waals surface area contributed by atoms with Gasteiger partial charge in [0.25, 0.3) is 10.1 Å². The summed E-state index contributed by atoms with van der Waals surface area (Å²) in [5.74, 6) is 0.